The van der Waals surface area contributed by atoms with Crippen LogP contribution < -0.4 is 5.32 Å². The summed E-state index contributed by atoms with van der Waals surface area (Å²) in [5, 5.41) is 2.56. The molecule has 0 unspecified atom stereocenters. The van der Waals surface area contributed by atoms with E-state index in [1.807, 2.05) is 0 Å². The first-order valence-corrected chi connectivity index (χ1v) is 7.58. The zero-order chi connectivity index (χ0) is 19.1. The van der Waals surface area contributed by atoms with E-state index in [0.717, 1.165) is 0 Å². The average Bonchev–Trinajstić information content (AvgIpc) is 2.48. The standard InChI is InChI=1S/C15H23NO9/c1-7(17)16-12-14(24-10(4)20)13(23-9(3)19)11(6-22-8(2)18)25-15(12)21-5/h11-15H,6H2,1-5H3,(H,16,17)/t11-,12+,13+,14+,15-/m1/s1. The first kappa shape index (κ1) is 20.8. The fraction of sp³-hybridized carbons (Fsp3) is 0.733. The minimum atomic E-state index is -1.11. The maximum absolute atomic E-state index is 11.5. The van der Waals surface area contributed by atoms with Gasteiger partial charge >= 0.3 is 17.9 Å². The van der Waals surface area contributed by atoms with Gasteiger partial charge in [-0.1, -0.05) is 0 Å². The molecule has 142 valence electrons. The number of hydrogen-bond donors (Lipinski definition) is 1. The third-order valence-corrected chi connectivity index (χ3v) is 3.30. The second-order valence-electron chi connectivity index (χ2n) is 5.46. The topological polar surface area (TPSA) is 126 Å². The summed E-state index contributed by atoms with van der Waals surface area (Å²) in [7, 11) is 1.33. The van der Waals surface area contributed by atoms with E-state index in [9.17, 15) is 19.2 Å². The van der Waals surface area contributed by atoms with Crippen molar-refractivity contribution in [2.24, 2.45) is 0 Å². The van der Waals surface area contributed by atoms with Crippen LogP contribution in [-0.2, 0) is 42.9 Å². The Balaban J connectivity index is 3.18. The fourth-order valence-electron chi connectivity index (χ4n) is 2.49. The minimum absolute atomic E-state index is 0.252. The van der Waals surface area contributed by atoms with Crippen LogP contribution in [0.2, 0.25) is 0 Å². The lowest BCUT2D eigenvalue weighted by Gasteiger charge is -2.44. The van der Waals surface area contributed by atoms with Crippen LogP contribution in [0.4, 0.5) is 0 Å². The third kappa shape index (κ3) is 6.31. The second kappa shape index (κ2) is 9.33. The van der Waals surface area contributed by atoms with Crippen LogP contribution in [0, 0.1) is 0 Å². The second-order valence-corrected chi connectivity index (χ2v) is 5.46. The quantitative estimate of drug-likeness (QED) is 0.482. The van der Waals surface area contributed by atoms with E-state index in [1.54, 1.807) is 0 Å². The van der Waals surface area contributed by atoms with Gasteiger partial charge in [-0.15, -0.1) is 0 Å². The van der Waals surface area contributed by atoms with Gasteiger partial charge in [-0.2, -0.15) is 0 Å². The van der Waals surface area contributed by atoms with Crippen LogP contribution in [0.3, 0.4) is 0 Å². The lowest BCUT2D eigenvalue weighted by Crippen LogP contribution is -2.66. The molecule has 1 heterocycles. The highest BCUT2D eigenvalue weighted by Gasteiger charge is 2.50. The molecule has 1 rings (SSSR count). The molecular weight excluding hydrogens is 338 g/mol. The summed E-state index contributed by atoms with van der Waals surface area (Å²) in [6.07, 6.45) is -4.17. The molecule has 25 heavy (non-hydrogen) atoms. The summed E-state index contributed by atoms with van der Waals surface area (Å²) < 4.78 is 26.2. The Bertz CT molecular complexity index is 521. The van der Waals surface area contributed by atoms with Gasteiger partial charge in [0.25, 0.3) is 0 Å². The molecule has 1 saturated heterocycles. The first-order valence-electron chi connectivity index (χ1n) is 7.58. The van der Waals surface area contributed by atoms with Gasteiger partial charge in [0.1, 0.15) is 18.8 Å². The summed E-state index contributed by atoms with van der Waals surface area (Å²) in [5.74, 6) is -2.29. The van der Waals surface area contributed by atoms with E-state index in [1.165, 1.54) is 34.8 Å². The Morgan fingerprint density at radius 3 is 1.92 bits per heavy atom. The molecule has 0 bridgehead atoms. The van der Waals surface area contributed by atoms with Crippen LogP contribution >= 0.6 is 0 Å². The molecule has 0 aromatic carbocycles. The first-order chi connectivity index (χ1) is 11.6. The molecular formula is C15H23NO9. The Kier molecular flexibility index (Phi) is 7.78. The summed E-state index contributed by atoms with van der Waals surface area (Å²) in [6.45, 7) is 4.57. The number of ether oxygens (including phenoxy) is 5. The molecule has 10 nitrogen and oxygen atoms in total. The average molecular weight is 361 g/mol. The number of amides is 1. The van der Waals surface area contributed by atoms with E-state index >= 15 is 0 Å². The zero-order valence-corrected chi connectivity index (χ0v) is 14.8. The highest BCUT2D eigenvalue weighted by atomic mass is 16.7. The molecule has 1 fully saturated rings. The van der Waals surface area contributed by atoms with Gasteiger partial charge in [0.15, 0.2) is 18.5 Å². The number of rotatable bonds is 6. The molecule has 5 atom stereocenters. The number of esters is 3. The molecule has 0 spiro atoms. The van der Waals surface area contributed by atoms with Crippen molar-refractivity contribution in [3.05, 3.63) is 0 Å². The van der Waals surface area contributed by atoms with E-state index < -0.39 is 54.5 Å². The van der Waals surface area contributed by atoms with E-state index in [4.69, 9.17) is 23.7 Å². The number of nitrogens with one attached hydrogen (secondary N) is 1. The maximum atomic E-state index is 11.5. The van der Waals surface area contributed by atoms with Gasteiger partial charge in [0, 0.05) is 34.8 Å². The van der Waals surface area contributed by atoms with Crippen molar-refractivity contribution in [3.8, 4) is 0 Å². The lowest BCUT2D eigenvalue weighted by atomic mass is 9.96. The van der Waals surface area contributed by atoms with Gasteiger partial charge in [0.2, 0.25) is 5.91 Å². The smallest absolute Gasteiger partial charge is 0.303 e. The molecule has 10 heteroatoms. The van der Waals surface area contributed by atoms with Crippen molar-refractivity contribution in [3.63, 3.8) is 0 Å². The summed E-state index contributed by atoms with van der Waals surface area (Å²) in [5.41, 5.74) is 0. The van der Waals surface area contributed by atoms with Crippen molar-refractivity contribution in [1.29, 1.82) is 0 Å². The third-order valence-electron chi connectivity index (χ3n) is 3.30. The van der Waals surface area contributed by atoms with Gasteiger partial charge in [-0.25, -0.2) is 0 Å². The minimum Gasteiger partial charge on any atom is -0.463 e. The predicted octanol–water partition coefficient (Wildman–Crippen LogP) is -0.711. The van der Waals surface area contributed by atoms with Crippen molar-refractivity contribution >= 4 is 23.8 Å². The van der Waals surface area contributed by atoms with Gasteiger partial charge < -0.3 is 29.0 Å². The summed E-state index contributed by atoms with van der Waals surface area (Å²) in [4.78, 5) is 45.5. The van der Waals surface area contributed by atoms with Crippen molar-refractivity contribution in [2.75, 3.05) is 13.7 Å². The Morgan fingerprint density at radius 2 is 1.48 bits per heavy atom. The van der Waals surface area contributed by atoms with E-state index in [-0.39, 0.29) is 6.61 Å². The van der Waals surface area contributed by atoms with Crippen molar-refractivity contribution in [2.45, 2.75) is 58.3 Å². The zero-order valence-electron chi connectivity index (χ0n) is 14.8. The van der Waals surface area contributed by atoms with Gasteiger partial charge in [-0.3, -0.25) is 19.2 Å². The van der Waals surface area contributed by atoms with Crippen LogP contribution in [0.15, 0.2) is 0 Å². The van der Waals surface area contributed by atoms with Crippen molar-refractivity contribution < 1.29 is 42.9 Å². The van der Waals surface area contributed by atoms with Crippen LogP contribution in [0.1, 0.15) is 27.7 Å². The highest BCUT2D eigenvalue weighted by Crippen LogP contribution is 2.27. The predicted molar refractivity (Wildman–Crippen MR) is 81.0 cm³/mol. The molecule has 0 aromatic heterocycles. The van der Waals surface area contributed by atoms with E-state index in [2.05, 4.69) is 5.32 Å². The SMILES string of the molecule is CO[C@@H]1O[C@H](COC(C)=O)[C@H](OC(C)=O)[C@@H](OC(C)=O)[C@@H]1NC(C)=O. The monoisotopic (exact) mass is 361 g/mol. The normalized spacial score (nSPS) is 28.6. The molecule has 1 aliphatic rings. The summed E-state index contributed by atoms with van der Waals surface area (Å²) >= 11 is 0. The number of carbonyl (C=O) groups excluding carboxylic acids is 4. The van der Waals surface area contributed by atoms with Crippen LogP contribution in [0.25, 0.3) is 0 Å². The molecule has 0 aliphatic carbocycles. The Morgan fingerprint density at radius 1 is 0.920 bits per heavy atom. The Hall–Kier alpha value is -2.20. The van der Waals surface area contributed by atoms with Crippen LogP contribution in [0.5, 0.6) is 0 Å². The lowest BCUT2D eigenvalue weighted by molar-refractivity contribution is -0.271. The molecule has 0 saturated carbocycles. The molecule has 1 amide bonds. The maximum Gasteiger partial charge on any atom is 0.303 e. The fourth-order valence-corrected chi connectivity index (χ4v) is 2.49. The molecule has 1 aliphatic heterocycles. The van der Waals surface area contributed by atoms with E-state index in [0.29, 0.717) is 0 Å². The molecule has 0 radical (unpaired) electrons. The largest absolute Gasteiger partial charge is 0.463 e. The van der Waals surface area contributed by atoms with Gasteiger partial charge in [0.05, 0.1) is 0 Å². The number of methoxy groups -OCH3 is 1. The van der Waals surface area contributed by atoms with Crippen molar-refractivity contribution in [1.82, 2.24) is 5.32 Å². The molecule has 0 aromatic rings. The Labute approximate surface area is 145 Å². The number of carbonyl (C=O) groups is 4. The summed E-state index contributed by atoms with van der Waals surface area (Å²) in [6, 6.07) is -0.927. The van der Waals surface area contributed by atoms with Gasteiger partial charge in [-0.05, 0) is 0 Å². The molecule has 1 N–H and O–H groups in total. The number of hydrogen-bond acceptors (Lipinski definition) is 9. The van der Waals surface area contributed by atoms with Crippen LogP contribution in [-0.4, -0.2) is 68.2 Å². The highest BCUT2D eigenvalue weighted by molar-refractivity contribution is 5.73.